The van der Waals surface area contributed by atoms with Gasteiger partial charge in [0.15, 0.2) is 0 Å². The Labute approximate surface area is 96.9 Å². The second-order valence-electron chi connectivity index (χ2n) is 4.62. The van der Waals surface area contributed by atoms with Crippen LogP contribution in [-0.4, -0.2) is 45.5 Å². The molecule has 1 N–H and O–H groups in total. The molecule has 16 heavy (non-hydrogen) atoms. The van der Waals surface area contributed by atoms with Crippen LogP contribution in [0.25, 0.3) is 0 Å². The Bertz CT molecular complexity index is 320. The van der Waals surface area contributed by atoms with Gasteiger partial charge in [0, 0.05) is 25.8 Å². The van der Waals surface area contributed by atoms with Gasteiger partial charge in [-0.05, 0) is 37.8 Å². The van der Waals surface area contributed by atoms with Crippen LogP contribution in [0.15, 0.2) is 12.4 Å². The van der Waals surface area contributed by atoms with Gasteiger partial charge in [-0.3, -0.25) is 9.58 Å². The Morgan fingerprint density at radius 3 is 2.88 bits per heavy atom. The SMILES string of the molecule is Cn1cc(CCCN(CCO)C2CC2)cn1. The number of aryl methyl sites for hydroxylation is 2. The van der Waals surface area contributed by atoms with E-state index in [0.717, 1.165) is 32.0 Å². The zero-order chi connectivity index (χ0) is 11.4. The second kappa shape index (κ2) is 5.46. The summed E-state index contributed by atoms with van der Waals surface area (Å²) in [5, 5.41) is 13.1. The Balaban J connectivity index is 1.69. The van der Waals surface area contributed by atoms with Crippen LogP contribution in [0.1, 0.15) is 24.8 Å². The molecule has 0 aliphatic heterocycles. The number of aliphatic hydroxyl groups excluding tert-OH is 1. The lowest BCUT2D eigenvalue weighted by Crippen LogP contribution is -2.30. The summed E-state index contributed by atoms with van der Waals surface area (Å²) in [6.45, 7) is 2.21. The maximum Gasteiger partial charge on any atom is 0.0558 e. The van der Waals surface area contributed by atoms with Crippen LogP contribution in [0.3, 0.4) is 0 Å². The van der Waals surface area contributed by atoms with E-state index in [1.807, 2.05) is 17.9 Å². The molecule has 1 aromatic heterocycles. The van der Waals surface area contributed by atoms with E-state index in [4.69, 9.17) is 5.11 Å². The minimum atomic E-state index is 0.281. The van der Waals surface area contributed by atoms with Gasteiger partial charge >= 0.3 is 0 Å². The van der Waals surface area contributed by atoms with Crippen molar-refractivity contribution < 1.29 is 5.11 Å². The van der Waals surface area contributed by atoms with Gasteiger partial charge in [-0.25, -0.2) is 0 Å². The third-order valence-corrected chi connectivity index (χ3v) is 3.12. The molecule has 4 heteroatoms. The number of hydrogen-bond donors (Lipinski definition) is 1. The van der Waals surface area contributed by atoms with Crippen LogP contribution >= 0.6 is 0 Å². The summed E-state index contributed by atoms with van der Waals surface area (Å²) in [6, 6.07) is 0.751. The monoisotopic (exact) mass is 223 g/mol. The molecule has 1 fully saturated rings. The first-order chi connectivity index (χ1) is 7.79. The van der Waals surface area contributed by atoms with E-state index in [1.165, 1.54) is 18.4 Å². The molecule has 1 saturated carbocycles. The van der Waals surface area contributed by atoms with Gasteiger partial charge in [-0.2, -0.15) is 5.10 Å². The molecule has 2 rings (SSSR count). The van der Waals surface area contributed by atoms with Crippen molar-refractivity contribution in [1.82, 2.24) is 14.7 Å². The van der Waals surface area contributed by atoms with Gasteiger partial charge in [0.2, 0.25) is 0 Å². The number of nitrogens with zero attached hydrogens (tertiary/aromatic N) is 3. The van der Waals surface area contributed by atoms with E-state index in [9.17, 15) is 0 Å². The fourth-order valence-electron chi connectivity index (χ4n) is 2.13. The van der Waals surface area contributed by atoms with Crippen molar-refractivity contribution in [2.45, 2.75) is 31.7 Å². The summed E-state index contributed by atoms with van der Waals surface area (Å²) < 4.78 is 1.85. The van der Waals surface area contributed by atoms with E-state index in [0.29, 0.717) is 0 Å². The van der Waals surface area contributed by atoms with E-state index >= 15 is 0 Å². The quantitative estimate of drug-likeness (QED) is 0.743. The predicted molar refractivity (Wildman–Crippen MR) is 63.2 cm³/mol. The lowest BCUT2D eigenvalue weighted by atomic mass is 10.2. The van der Waals surface area contributed by atoms with Crippen molar-refractivity contribution in [3.63, 3.8) is 0 Å². The van der Waals surface area contributed by atoms with Crippen LogP contribution in [0.5, 0.6) is 0 Å². The molecular formula is C12H21N3O. The molecule has 0 spiro atoms. The van der Waals surface area contributed by atoms with Crippen molar-refractivity contribution >= 4 is 0 Å². The Kier molecular flexibility index (Phi) is 3.96. The zero-order valence-corrected chi connectivity index (χ0v) is 9.97. The Hall–Kier alpha value is -0.870. The van der Waals surface area contributed by atoms with Crippen LogP contribution in [0.4, 0.5) is 0 Å². The van der Waals surface area contributed by atoms with Gasteiger partial charge < -0.3 is 5.11 Å². The fourth-order valence-corrected chi connectivity index (χ4v) is 2.13. The molecule has 0 saturated heterocycles. The van der Waals surface area contributed by atoms with Crippen LogP contribution in [-0.2, 0) is 13.5 Å². The van der Waals surface area contributed by atoms with Gasteiger partial charge in [0.25, 0.3) is 0 Å². The highest BCUT2D eigenvalue weighted by Gasteiger charge is 2.27. The molecule has 1 aliphatic carbocycles. The Morgan fingerprint density at radius 2 is 2.31 bits per heavy atom. The van der Waals surface area contributed by atoms with Crippen LogP contribution in [0, 0.1) is 0 Å². The summed E-state index contributed by atoms with van der Waals surface area (Å²) in [5.41, 5.74) is 1.31. The first kappa shape index (κ1) is 11.6. The third-order valence-electron chi connectivity index (χ3n) is 3.12. The van der Waals surface area contributed by atoms with Crippen LogP contribution < -0.4 is 0 Å². The first-order valence-electron chi connectivity index (χ1n) is 6.12. The molecule has 1 heterocycles. The minimum Gasteiger partial charge on any atom is -0.395 e. The highest BCUT2D eigenvalue weighted by atomic mass is 16.3. The lowest BCUT2D eigenvalue weighted by molar-refractivity contribution is 0.188. The molecule has 90 valence electrons. The average Bonchev–Trinajstić information content (AvgIpc) is 3.02. The molecule has 0 bridgehead atoms. The highest BCUT2D eigenvalue weighted by molar-refractivity contribution is 5.03. The Morgan fingerprint density at radius 1 is 1.50 bits per heavy atom. The molecule has 1 aromatic rings. The number of hydrogen-bond acceptors (Lipinski definition) is 3. The summed E-state index contributed by atoms with van der Waals surface area (Å²) >= 11 is 0. The topological polar surface area (TPSA) is 41.3 Å². The highest BCUT2D eigenvalue weighted by Crippen LogP contribution is 2.26. The minimum absolute atomic E-state index is 0.281. The normalized spacial score (nSPS) is 15.9. The second-order valence-corrected chi connectivity index (χ2v) is 4.62. The van der Waals surface area contributed by atoms with E-state index in [-0.39, 0.29) is 6.61 Å². The van der Waals surface area contributed by atoms with Crippen molar-refractivity contribution in [2.24, 2.45) is 7.05 Å². The number of rotatable bonds is 7. The molecule has 0 atom stereocenters. The summed E-state index contributed by atoms with van der Waals surface area (Å²) in [5.74, 6) is 0. The van der Waals surface area contributed by atoms with Crippen molar-refractivity contribution in [1.29, 1.82) is 0 Å². The maximum atomic E-state index is 8.98. The van der Waals surface area contributed by atoms with E-state index < -0.39 is 0 Å². The fraction of sp³-hybridized carbons (Fsp3) is 0.750. The largest absolute Gasteiger partial charge is 0.395 e. The van der Waals surface area contributed by atoms with E-state index in [2.05, 4.69) is 16.2 Å². The lowest BCUT2D eigenvalue weighted by Gasteiger charge is -2.20. The third kappa shape index (κ3) is 3.32. The van der Waals surface area contributed by atoms with Crippen molar-refractivity contribution in [2.75, 3.05) is 19.7 Å². The average molecular weight is 223 g/mol. The van der Waals surface area contributed by atoms with Gasteiger partial charge in [-0.1, -0.05) is 0 Å². The molecule has 0 amide bonds. The van der Waals surface area contributed by atoms with Crippen molar-refractivity contribution in [3.8, 4) is 0 Å². The standard InChI is InChI=1S/C12H21N3O/c1-14-10-11(9-13-14)3-2-6-15(7-8-16)12-4-5-12/h9-10,12,16H,2-8H2,1H3. The summed E-state index contributed by atoms with van der Waals surface area (Å²) in [7, 11) is 1.95. The molecule has 1 aliphatic rings. The predicted octanol–water partition coefficient (Wildman–Crippen LogP) is 0.809. The maximum absolute atomic E-state index is 8.98. The smallest absolute Gasteiger partial charge is 0.0558 e. The summed E-state index contributed by atoms with van der Waals surface area (Å²) in [6.07, 6.45) is 8.88. The van der Waals surface area contributed by atoms with Crippen LogP contribution in [0.2, 0.25) is 0 Å². The van der Waals surface area contributed by atoms with Gasteiger partial charge in [0.1, 0.15) is 0 Å². The number of aliphatic hydroxyl groups is 1. The molecule has 4 nitrogen and oxygen atoms in total. The zero-order valence-electron chi connectivity index (χ0n) is 9.97. The van der Waals surface area contributed by atoms with E-state index in [1.54, 1.807) is 0 Å². The van der Waals surface area contributed by atoms with Crippen molar-refractivity contribution in [3.05, 3.63) is 18.0 Å². The van der Waals surface area contributed by atoms with Gasteiger partial charge in [0.05, 0.1) is 12.8 Å². The van der Waals surface area contributed by atoms with Gasteiger partial charge in [-0.15, -0.1) is 0 Å². The molecule has 0 radical (unpaired) electrons. The molecule has 0 unspecified atom stereocenters. The number of aromatic nitrogens is 2. The molecular weight excluding hydrogens is 202 g/mol. The summed E-state index contributed by atoms with van der Waals surface area (Å²) in [4.78, 5) is 2.41. The molecule has 0 aromatic carbocycles. The first-order valence-corrected chi connectivity index (χ1v) is 6.12.